The van der Waals surface area contributed by atoms with Crippen molar-refractivity contribution < 1.29 is 18.7 Å². The van der Waals surface area contributed by atoms with E-state index in [0.29, 0.717) is 18.7 Å². The molecule has 0 N–H and O–H groups in total. The van der Waals surface area contributed by atoms with Crippen molar-refractivity contribution in [3.05, 3.63) is 70.9 Å². The standard InChI is InChI=1S/C23H20BrFN2O3/c1-12-5-4-8-18(26-12)27-20(14-6-2-3-7-16(14)25)19-21(28)15-11-13(24)9-10-17(15)30-22(19)23(27)29/h2-8,13,15,17,20H,9-11H2,1H3. The third-order valence-corrected chi connectivity index (χ3v) is 6.94. The maximum atomic E-state index is 14.9. The van der Waals surface area contributed by atoms with Crippen molar-refractivity contribution in [2.45, 2.75) is 43.2 Å². The lowest BCUT2D eigenvalue weighted by Gasteiger charge is -2.37. The Morgan fingerprint density at radius 2 is 1.93 bits per heavy atom. The van der Waals surface area contributed by atoms with E-state index in [4.69, 9.17) is 4.74 Å². The van der Waals surface area contributed by atoms with Crippen LogP contribution in [-0.4, -0.2) is 27.6 Å². The summed E-state index contributed by atoms with van der Waals surface area (Å²) in [6.07, 6.45) is 1.90. The Morgan fingerprint density at radius 3 is 2.70 bits per heavy atom. The summed E-state index contributed by atoms with van der Waals surface area (Å²) in [6, 6.07) is 10.7. The van der Waals surface area contributed by atoms with Gasteiger partial charge in [0.15, 0.2) is 11.5 Å². The molecule has 3 aliphatic rings. The Balaban J connectivity index is 1.68. The topological polar surface area (TPSA) is 59.5 Å². The van der Waals surface area contributed by atoms with Crippen LogP contribution in [0.1, 0.15) is 36.6 Å². The Kier molecular flexibility index (Phi) is 4.73. The third-order valence-electron chi connectivity index (χ3n) is 6.10. The fourth-order valence-corrected chi connectivity index (χ4v) is 5.37. The Labute approximate surface area is 182 Å². The van der Waals surface area contributed by atoms with Crippen molar-refractivity contribution in [2.24, 2.45) is 5.92 Å². The van der Waals surface area contributed by atoms with Crippen LogP contribution in [0.5, 0.6) is 0 Å². The molecule has 1 fully saturated rings. The minimum Gasteiger partial charge on any atom is -0.483 e. The van der Waals surface area contributed by atoms with Gasteiger partial charge in [0.05, 0.1) is 17.5 Å². The summed E-state index contributed by atoms with van der Waals surface area (Å²) >= 11 is 3.62. The SMILES string of the molecule is Cc1cccc(N2C(=O)C3=C(C(=O)C4CC(Br)CCC4O3)C2c2ccccc2F)n1. The first-order valence-electron chi connectivity index (χ1n) is 10.1. The largest absolute Gasteiger partial charge is 0.483 e. The first-order valence-corrected chi connectivity index (χ1v) is 11.0. The fourth-order valence-electron chi connectivity index (χ4n) is 4.71. The molecular weight excluding hydrogens is 451 g/mol. The summed E-state index contributed by atoms with van der Waals surface area (Å²) in [7, 11) is 0. The van der Waals surface area contributed by atoms with E-state index in [9.17, 15) is 14.0 Å². The predicted molar refractivity (Wildman–Crippen MR) is 113 cm³/mol. The van der Waals surface area contributed by atoms with Crippen LogP contribution in [-0.2, 0) is 14.3 Å². The summed E-state index contributed by atoms with van der Waals surface area (Å²) < 4.78 is 21.0. The summed E-state index contributed by atoms with van der Waals surface area (Å²) in [5.41, 5.74) is 1.23. The molecular formula is C23H20BrFN2O3. The number of amides is 1. The number of fused-ring (bicyclic) bond motifs is 1. The molecule has 30 heavy (non-hydrogen) atoms. The lowest BCUT2D eigenvalue weighted by Crippen LogP contribution is -2.41. The number of carbonyl (C=O) groups excluding carboxylic acids is 2. The van der Waals surface area contributed by atoms with Crippen LogP contribution in [0.2, 0.25) is 0 Å². The molecule has 1 aromatic carbocycles. The first kappa shape index (κ1) is 19.4. The van der Waals surface area contributed by atoms with E-state index in [1.807, 2.05) is 13.0 Å². The molecule has 1 saturated carbocycles. The number of anilines is 1. The highest BCUT2D eigenvalue weighted by Gasteiger charge is 2.53. The first-order chi connectivity index (χ1) is 14.5. The van der Waals surface area contributed by atoms with E-state index >= 15 is 0 Å². The van der Waals surface area contributed by atoms with Crippen LogP contribution in [0.25, 0.3) is 0 Å². The predicted octanol–water partition coefficient (Wildman–Crippen LogP) is 4.40. The van der Waals surface area contributed by atoms with E-state index in [0.717, 1.165) is 12.1 Å². The second-order valence-corrected chi connectivity index (χ2v) is 9.31. The van der Waals surface area contributed by atoms with Gasteiger partial charge in [0, 0.05) is 16.1 Å². The van der Waals surface area contributed by atoms with Gasteiger partial charge in [-0.1, -0.05) is 40.2 Å². The number of rotatable bonds is 2. The van der Waals surface area contributed by atoms with E-state index in [2.05, 4.69) is 20.9 Å². The number of carbonyl (C=O) groups is 2. The number of ketones is 1. The van der Waals surface area contributed by atoms with Crippen molar-refractivity contribution in [3.63, 3.8) is 0 Å². The zero-order valence-electron chi connectivity index (χ0n) is 16.3. The number of halogens is 2. The second kappa shape index (κ2) is 7.30. The molecule has 5 nitrogen and oxygen atoms in total. The summed E-state index contributed by atoms with van der Waals surface area (Å²) in [6.45, 7) is 1.82. The van der Waals surface area contributed by atoms with Gasteiger partial charge < -0.3 is 4.74 Å². The van der Waals surface area contributed by atoms with E-state index in [1.54, 1.807) is 30.3 Å². The van der Waals surface area contributed by atoms with Gasteiger partial charge in [-0.2, -0.15) is 0 Å². The maximum absolute atomic E-state index is 14.9. The van der Waals surface area contributed by atoms with Crippen molar-refractivity contribution in [1.29, 1.82) is 0 Å². The number of hydrogen-bond acceptors (Lipinski definition) is 4. The molecule has 1 amide bonds. The van der Waals surface area contributed by atoms with Crippen LogP contribution in [0.3, 0.4) is 0 Å². The van der Waals surface area contributed by atoms with Gasteiger partial charge in [-0.05, 0) is 44.4 Å². The number of hydrogen-bond donors (Lipinski definition) is 0. The van der Waals surface area contributed by atoms with Gasteiger partial charge >= 0.3 is 0 Å². The number of benzene rings is 1. The molecule has 154 valence electrons. The number of Topliss-reactive ketones (excluding diaryl/α,β-unsaturated/α-hetero) is 1. The van der Waals surface area contributed by atoms with E-state index in [1.165, 1.54) is 11.0 Å². The number of aryl methyl sites for hydroxylation is 1. The zero-order chi connectivity index (χ0) is 21.0. The molecule has 1 aromatic heterocycles. The lowest BCUT2D eigenvalue weighted by atomic mass is 9.77. The average Bonchev–Trinajstić information content (AvgIpc) is 3.01. The number of aromatic nitrogens is 1. The van der Waals surface area contributed by atoms with Gasteiger partial charge in [0.2, 0.25) is 0 Å². The van der Waals surface area contributed by atoms with E-state index in [-0.39, 0.29) is 39.5 Å². The normalized spacial score (nSPS) is 28.3. The lowest BCUT2D eigenvalue weighted by molar-refractivity contribution is -0.131. The number of pyridine rings is 1. The molecule has 0 saturated heterocycles. The van der Waals surface area contributed by atoms with Crippen LogP contribution in [0.15, 0.2) is 53.8 Å². The van der Waals surface area contributed by atoms with Crippen LogP contribution in [0, 0.1) is 18.7 Å². The molecule has 7 heteroatoms. The molecule has 0 radical (unpaired) electrons. The molecule has 0 spiro atoms. The van der Waals surface area contributed by atoms with Gasteiger partial charge in [-0.3, -0.25) is 14.5 Å². The molecule has 4 atom stereocenters. The monoisotopic (exact) mass is 470 g/mol. The number of alkyl halides is 1. The summed E-state index contributed by atoms with van der Waals surface area (Å²) in [4.78, 5) is 33.1. The van der Waals surface area contributed by atoms with E-state index < -0.39 is 17.8 Å². The Bertz CT molecular complexity index is 1090. The highest BCUT2D eigenvalue weighted by molar-refractivity contribution is 9.09. The van der Waals surface area contributed by atoms with Crippen LogP contribution in [0.4, 0.5) is 10.2 Å². The number of ether oxygens (including phenoxy) is 1. The minimum atomic E-state index is -0.896. The fraction of sp³-hybridized carbons (Fsp3) is 0.348. The quantitative estimate of drug-likeness (QED) is 0.610. The van der Waals surface area contributed by atoms with Gasteiger partial charge in [0.1, 0.15) is 17.7 Å². The van der Waals surface area contributed by atoms with Crippen molar-refractivity contribution in [2.75, 3.05) is 4.90 Å². The van der Waals surface area contributed by atoms with Crippen molar-refractivity contribution in [3.8, 4) is 0 Å². The molecule has 0 bridgehead atoms. The van der Waals surface area contributed by atoms with Crippen molar-refractivity contribution >= 4 is 33.4 Å². The Hall–Kier alpha value is -2.54. The summed E-state index contributed by atoms with van der Waals surface area (Å²) in [5.74, 6) is -0.953. The number of nitrogens with zero attached hydrogens (tertiary/aromatic N) is 2. The van der Waals surface area contributed by atoms with Gasteiger partial charge in [-0.15, -0.1) is 0 Å². The molecule has 5 rings (SSSR count). The van der Waals surface area contributed by atoms with Gasteiger partial charge in [0.25, 0.3) is 5.91 Å². The minimum absolute atomic E-state index is 0.0471. The highest BCUT2D eigenvalue weighted by atomic mass is 79.9. The summed E-state index contributed by atoms with van der Waals surface area (Å²) in [5, 5.41) is 0. The molecule has 2 aromatic rings. The zero-order valence-corrected chi connectivity index (χ0v) is 17.9. The highest BCUT2D eigenvalue weighted by Crippen LogP contribution is 2.48. The van der Waals surface area contributed by atoms with Crippen LogP contribution >= 0.6 is 15.9 Å². The van der Waals surface area contributed by atoms with Gasteiger partial charge in [-0.25, -0.2) is 9.37 Å². The van der Waals surface area contributed by atoms with Crippen molar-refractivity contribution in [1.82, 2.24) is 4.98 Å². The van der Waals surface area contributed by atoms with Crippen LogP contribution < -0.4 is 4.90 Å². The molecule has 1 aliphatic carbocycles. The third kappa shape index (κ3) is 2.98. The maximum Gasteiger partial charge on any atom is 0.295 e. The Morgan fingerprint density at radius 1 is 1.13 bits per heavy atom. The average molecular weight is 471 g/mol. The smallest absolute Gasteiger partial charge is 0.295 e. The molecule has 3 heterocycles. The second-order valence-electron chi connectivity index (χ2n) is 8.02. The molecule has 4 unspecified atom stereocenters. The molecule has 2 aliphatic heterocycles.